The molecule has 1 saturated heterocycles. The van der Waals surface area contributed by atoms with Gasteiger partial charge in [0.2, 0.25) is 11.8 Å². The van der Waals surface area contributed by atoms with Crippen LogP contribution in [-0.4, -0.2) is 41.2 Å². The fourth-order valence-electron chi connectivity index (χ4n) is 4.12. The molecule has 156 valence electrons. The van der Waals surface area contributed by atoms with Crippen LogP contribution in [0.15, 0.2) is 30.3 Å². The van der Waals surface area contributed by atoms with Crippen molar-refractivity contribution in [1.82, 2.24) is 10.2 Å². The predicted molar refractivity (Wildman–Crippen MR) is 105 cm³/mol. The third-order valence-electron chi connectivity index (χ3n) is 5.81. The number of benzene rings is 1. The van der Waals surface area contributed by atoms with Crippen molar-refractivity contribution in [2.75, 3.05) is 6.54 Å². The number of esters is 1. The van der Waals surface area contributed by atoms with Gasteiger partial charge >= 0.3 is 5.97 Å². The molecule has 0 radical (unpaired) electrons. The highest BCUT2D eigenvalue weighted by Gasteiger charge is 2.47. The summed E-state index contributed by atoms with van der Waals surface area (Å²) in [5.74, 6) is -1.79. The molecule has 0 bridgehead atoms. The fraction of sp³-hybridized carbons (Fsp3) is 0.545. The van der Waals surface area contributed by atoms with Gasteiger partial charge in [0.15, 0.2) is 6.10 Å². The second-order valence-electron chi connectivity index (χ2n) is 7.85. The molecule has 1 aromatic rings. The van der Waals surface area contributed by atoms with Gasteiger partial charge in [-0.1, -0.05) is 43.2 Å². The summed E-state index contributed by atoms with van der Waals surface area (Å²) >= 11 is 0. The van der Waals surface area contributed by atoms with Crippen molar-refractivity contribution in [3.63, 3.8) is 0 Å². The summed E-state index contributed by atoms with van der Waals surface area (Å²) in [6.07, 6.45) is 2.35. The van der Waals surface area contributed by atoms with E-state index in [4.69, 9.17) is 4.74 Å². The fourth-order valence-corrected chi connectivity index (χ4v) is 4.12. The molecule has 2 fully saturated rings. The minimum Gasteiger partial charge on any atom is -0.452 e. The number of likely N-dealkylation sites (tertiary alicyclic amines) is 1. The van der Waals surface area contributed by atoms with Crippen LogP contribution >= 0.6 is 0 Å². The lowest BCUT2D eigenvalue weighted by Crippen LogP contribution is -2.38. The Bertz CT molecular complexity index is 755. The van der Waals surface area contributed by atoms with Crippen molar-refractivity contribution in [3.05, 3.63) is 35.9 Å². The maximum absolute atomic E-state index is 12.4. The Hall–Kier alpha value is -2.70. The number of rotatable bonds is 7. The zero-order valence-corrected chi connectivity index (χ0v) is 16.9. The summed E-state index contributed by atoms with van der Waals surface area (Å²) in [5, 5.41) is 2.81. The van der Waals surface area contributed by atoms with Gasteiger partial charge in [0.05, 0.1) is 24.3 Å². The van der Waals surface area contributed by atoms with E-state index in [-0.39, 0.29) is 42.7 Å². The number of fused-ring (bicyclic) bond motifs is 1. The van der Waals surface area contributed by atoms with Crippen LogP contribution in [0.25, 0.3) is 0 Å². The van der Waals surface area contributed by atoms with Crippen LogP contribution in [0.4, 0.5) is 0 Å². The van der Waals surface area contributed by atoms with Gasteiger partial charge in [-0.2, -0.15) is 0 Å². The molecule has 0 spiro atoms. The van der Waals surface area contributed by atoms with Gasteiger partial charge in [-0.15, -0.1) is 0 Å². The Morgan fingerprint density at radius 2 is 1.66 bits per heavy atom. The monoisotopic (exact) mass is 400 g/mol. The number of imide groups is 1. The van der Waals surface area contributed by atoms with E-state index in [1.54, 1.807) is 0 Å². The average Bonchev–Trinajstić information content (AvgIpc) is 2.97. The SMILES string of the molecule is C[C@H](OC(=O)CCN1C(=O)[C@H]2CCCC[C@H]2C1=O)C(=O)N[C@@H](C)c1ccccc1. The zero-order valence-electron chi connectivity index (χ0n) is 16.9. The molecule has 0 aromatic heterocycles. The first kappa shape index (κ1) is 21.0. The van der Waals surface area contributed by atoms with Crippen LogP contribution in [0.3, 0.4) is 0 Å². The zero-order chi connectivity index (χ0) is 21.0. The second kappa shape index (κ2) is 9.20. The van der Waals surface area contributed by atoms with Crippen molar-refractivity contribution < 1.29 is 23.9 Å². The van der Waals surface area contributed by atoms with Gasteiger partial charge in [0.1, 0.15) is 0 Å². The Kier molecular flexibility index (Phi) is 6.67. The molecule has 3 amide bonds. The van der Waals surface area contributed by atoms with E-state index >= 15 is 0 Å². The first-order chi connectivity index (χ1) is 13.9. The standard InChI is InChI=1S/C22H28N2O5/c1-14(16-8-4-3-5-9-16)23-20(26)15(2)29-19(25)12-13-24-21(27)17-10-6-7-11-18(17)22(24)28/h3-5,8-9,14-15,17-18H,6-7,10-13H2,1-2H3,(H,23,26)/t14-,15-,17-,18+/m0/s1. The van der Waals surface area contributed by atoms with Crippen LogP contribution in [-0.2, 0) is 23.9 Å². The van der Waals surface area contributed by atoms with Gasteiger partial charge in [-0.25, -0.2) is 0 Å². The molecule has 1 N–H and O–H groups in total. The number of carbonyl (C=O) groups is 4. The minimum absolute atomic E-state index is 0.0122. The number of hydrogen-bond acceptors (Lipinski definition) is 5. The number of nitrogens with zero attached hydrogens (tertiary/aromatic N) is 1. The Balaban J connectivity index is 1.46. The lowest BCUT2D eigenvalue weighted by molar-refractivity contribution is -0.155. The molecule has 1 aromatic carbocycles. The molecule has 7 nitrogen and oxygen atoms in total. The van der Waals surface area contributed by atoms with Crippen molar-refractivity contribution in [2.45, 2.75) is 58.1 Å². The highest BCUT2D eigenvalue weighted by molar-refractivity contribution is 6.05. The van der Waals surface area contributed by atoms with E-state index in [9.17, 15) is 19.2 Å². The van der Waals surface area contributed by atoms with Crippen LogP contribution in [0.2, 0.25) is 0 Å². The molecular weight excluding hydrogens is 372 g/mol. The summed E-state index contributed by atoms with van der Waals surface area (Å²) in [5.41, 5.74) is 0.951. The van der Waals surface area contributed by atoms with Crippen LogP contribution < -0.4 is 5.32 Å². The van der Waals surface area contributed by atoms with E-state index < -0.39 is 18.0 Å². The van der Waals surface area contributed by atoms with Crippen molar-refractivity contribution in [2.24, 2.45) is 11.8 Å². The van der Waals surface area contributed by atoms with E-state index in [1.807, 2.05) is 37.3 Å². The molecule has 1 saturated carbocycles. The van der Waals surface area contributed by atoms with Gasteiger partial charge in [0, 0.05) is 6.54 Å². The summed E-state index contributed by atoms with van der Waals surface area (Å²) < 4.78 is 5.20. The van der Waals surface area contributed by atoms with E-state index in [0.29, 0.717) is 0 Å². The van der Waals surface area contributed by atoms with Gasteiger partial charge < -0.3 is 10.1 Å². The number of nitrogens with one attached hydrogen (secondary N) is 1. The van der Waals surface area contributed by atoms with Gasteiger partial charge in [0.25, 0.3) is 5.91 Å². The molecule has 1 aliphatic carbocycles. The molecule has 7 heteroatoms. The highest BCUT2D eigenvalue weighted by atomic mass is 16.5. The maximum atomic E-state index is 12.4. The molecule has 29 heavy (non-hydrogen) atoms. The first-order valence-electron chi connectivity index (χ1n) is 10.3. The predicted octanol–water partition coefficient (Wildman–Crippen LogP) is 2.36. The molecule has 3 rings (SSSR count). The Morgan fingerprint density at radius 3 is 2.24 bits per heavy atom. The molecule has 4 atom stereocenters. The maximum Gasteiger partial charge on any atom is 0.308 e. The van der Waals surface area contributed by atoms with E-state index in [2.05, 4.69) is 5.32 Å². The van der Waals surface area contributed by atoms with Crippen LogP contribution in [0.5, 0.6) is 0 Å². The molecule has 2 aliphatic rings. The van der Waals surface area contributed by atoms with E-state index in [1.165, 1.54) is 11.8 Å². The average molecular weight is 400 g/mol. The lowest BCUT2D eigenvalue weighted by atomic mass is 9.81. The summed E-state index contributed by atoms with van der Waals surface area (Å²) in [7, 11) is 0. The van der Waals surface area contributed by atoms with Crippen molar-refractivity contribution in [1.29, 1.82) is 0 Å². The lowest BCUT2D eigenvalue weighted by Gasteiger charge is -2.19. The number of amides is 3. The highest BCUT2D eigenvalue weighted by Crippen LogP contribution is 2.37. The van der Waals surface area contributed by atoms with Gasteiger partial charge in [-0.05, 0) is 32.3 Å². The molecule has 1 aliphatic heterocycles. The topological polar surface area (TPSA) is 92.8 Å². The number of hydrogen-bond donors (Lipinski definition) is 1. The number of ether oxygens (including phenoxy) is 1. The van der Waals surface area contributed by atoms with Crippen molar-refractivity contribution in [3.8, 4) is 0 Å². The molecular formula is C22H28N2O5. The summed E-state index contributed by atoms with van der Waals surface area (Å²) in [6.45, 7) is 3.37. The van der Waals surface area contributed by atoms with Crippen LogP contribution in [0.1, 0.15) is 57.6 Å². The molecule has 0 unspecified atom stereocenters. The Morgan fingerprint density at radius 1 is 1.07 bits per heavy atom. The normalized spacial score (nSPS) is 23.3. The van der Waals surface area contributed by atoms with Gasteiger partial charge in [-0.3, -0.25) is 24.1 Å². The summed E-state index contributed by atoms with van der Waals surface area (Å²) in [6, 6.07) is 9.27. The first-order valence-corrected chi connectivity index (χ1v) is 10.3. The third-order valence-corrected chi connectivity index (χ3v) is 5.81. The number of carbonyl (C=O) groups excluding carboxylic acids is 4. The third kappa shape index (κ3) is 4.83. The smallest absolute Gasteiger partial charge is 0.308 e. The molecule has 1 heterocycles. The Labute approximate surface area is 170 Å². The quantitative estimate of drug-likeness (QED) is 0.560. The minimum atomic E-state index is -0.957. The van der Waals surface area contributed by atoms with E-state index in [0.717, 1.165) is 31.2 Å². The largest absolute Gasteiger partial charge is 0.452 e. The second-order valence-corrected chi connectivity index (χ2v) is 7.85. The summed E-state index contributed by atoms with van der Waals surface area (Å²) in [4.78, 5) is 50.5. The van der Waals surface area contributed by atoms with Crippen LogP contribution in [0, 0.1) is 11.8 Å². The van der Waals surface area contributed by atoms with Crippen molar-refractivity contribution >= 4 is 23.7 Å².